The number of imide groups is 1. The van der Waals surface area contributed by atoms with Gasteiger partial charge in [0.25, 0.3) is 11.1 Å². The van der Waals surface area contributed by atoms with E-state index < -0.39 is 0 Å². The number of benzene rings is 1. The van der Waals surface area contributed by atoms with Crippen LogP contribution in [0.15, 0.2) is 46.7 Å². The van der Waals surface area contributed by atoms with Gasteiger partial charge in [0, 0.05) is 4.88 Å². The Morgan fingerprint density at radius 1 is 1.19 bits per heavy atom. The van der Waals surface area contributed by atoms with Gasteiger partial charge in [-0.3, -0.25) is 14.5 Å². The van der Waals surface area contributed by atoms with Crippen molar-refractivity contribution in [3.05, 3.63) is 62.7 Å². The molecule has 3 rings (SSSR count). The van der Waals surface area contributed by atoms with E-state index in [9.17, 15) is 9.59 Å². The summed E-state index contributed by atoms with van der Waals surface area (Å²) in [6.45, 7) is 2.32. The van der Waals surface area contributed by atoms with Crippen molar-refractivity contribution in [2.45, 2.75) is 13.5 Å². The van der Waals surface area contributed by atoms with Gasteiger partial charge in [-0.1, -0.05) is 35.9 Å². The first-order valence-electron chi connectivity index (χ1n) is 6.48. The van der Waals surface area contributed by atoms with Gasteiger partial charge in [0.2, 0.25) is 0 Å². The zero-order chi connectivity index (χ0) is 14.8. The van der Waals surface area contributed by atoms with Gasteiger partial charge in [-0.05, 0) is 41.8 Å². The number of carbonyl (C=O) groups excluding carboxylic acids is 2. The molecule has 1 aliphatic rings. The molecule has 1 aromatic carbocycles. The average Bonchev–Trinajstić information content (AvgIpc) is 3.04. The number of hydrogen-bond donors (Lipinski definition) is 0. The average molecular weight is 315 g/mol. The van der Waals surface area contributed by atoms with Gasteiger partial charge in [0.1, 0.15) is 0 Å². The highest BCUT2D eigenvalue weighted by atomic mass is 32.2. The van der Waals surface area contributed by atoms with Gasteiger partial charge in [0.15, 0.2) is 0 Å². The Morgan fingerprint density at radius 2 is 2.05 bits per heavy atom. The van der Waals surface area contributed by atoms with Crippen molar-refractivity contribution >= 4 is 40.3 Å². The quantitative estimate of drug-likeness (QED) is 0.793. The monoisotopic (exact) mass is 315 g/mol. The molecule has 2 aromatic rings. The first-order chi connectivity index (χ1) is 10.1. The number of nitrogens with zero attached hydrogens (tertiary/aromatic N) is 1. The molecule has 0 aliphatic carbocycles. The summed E-state index contributed by atoms with van der Waals surface area (Å²) in [6.07, 6.45) is 1.78. The van der Waals surface area contributed by atoms with Crippen molar-refractivity contribution in [2.24, 2.45) is 0 Å². The maximum Gasteiger partial charge on any atom is 0.293 e. The fraction of sp³-hybridized carbons (Fsp3) is 0.125. The van der Waals surface area contributed by atoms with E-state index in [1.54, 1.807) is 17.4 Å². The molecular weight excluding hydrogens is 302 g/mol. The van der Waals surface area contributed by atoms with E-state index in [4.69, 9.17) is 0 Å². The minimum Gasteiger partial charge on any atom is -0.268 e. The maximum atomic E-state index is 12.4. The van der Waals surface area contributed by atoms with Crippen molar-refractivity contribution in [3.8, 4) is 0 Å². The van der Waals surface area contributed by atoms with E-state index in [1.165, 1.54) is 4.90 Å². The van der Waals surface area contributed by atoms with Crippen molar-refractivity contribution in [1.29, 1.82) is 0 Å². The Kier molecular flexibility index (Phi) is 3.94. The van der Waals surface area contributed by atoms with Crippen molar-refractivity contribution in [1.82, 2.24) is 4.90 Å². The van der Waals surface area contributed by atoms with Gasteiger partial charge in [-0.2, -0.15) is 0 Å². The van der Waals surface area contributed by atoms with Crippen molar-refractivity contribution in [2.75, 3.05) is 0 Å². The van der Waals surface area contributed by atoms with Crippen LogP contribution in [0.2, 0.25) is 0 Å². The Morgan fingerprint density at radius 3 is 2.76 bits per heavy atom. The second-order valence-electron chi connectivity index (χ2n) is 4.77. The second-order valence-corrected chi connectivity index (χ2v) is 6.74. The Bertz CT molecular complexity index is 720. The third kappa shape index (κ3) is 3.09. The second kappa shape index (κ2) is 5.87. The molecular formula is C16H13NO2S2. The molecule has 1 saturated heterocycles. The lowest BCUT2D eigenvalue weighted by Crippen LogP contribution is -2.27. The van der Waals surface area contributed by atoms with Crippen LogP contribution in [0.25, 0.3) is 6.08 Å². The third-order valence-electron chi connectivity index (χ3n) is 3.11. The number of amides is 2. The predicted octanol–water partition coefficient (Wildman–Crippen LogP) is 4.29. The summed E-state index contributed by atoms with van der Waals surface area (Å²) in [6, 6.07) is 11.7. The number of thiophene rings is 1. The highest BCUT2D eigenvalue weighted by Crippen LogP contribution is 2.33. The zero-order valence-electron chi connectivity index (χ0n) is 11.4. The summed E-state index contributed by atoms with van der Waals surface area (Å²) >= 11 is 2.56. The van der Waals surface area contributed by atoms with E-state index in [2.05, 4.69) is 0 Å². The lowest BCUT2D eigenvalue weighted by atomic mass is 10.1. The minimum atomic E-state index is -0.208. The standard InChI is InChI=1S/C16H13NO2S2/c1-11-4-2-5-12(8-11)10-17-15(18)14(21-16(17)19)9-13-6-3-7-20-13/h2-9H,10H2,1H3/b14-9-. The number of aryl methyl sites for hydroxylation is 1. The smallest absolute Gasteiger partial charge is 0.268 e. The van der Waals surface area contributed by atoms with Crippen LogP contribution in [0, 0.1) is 6.92 Å². The lowest BCUT2D eigenvalue weighted by Gasteiger charge is -2.12. The number of rotatable bonds is 3. The molecule has 0 N–H and O–H groups in total. The fourth-order valence-electron chi connectivity index (χ4n) is 2.13. The molecule has 1 aromatic heterocycles. The maximum absolute atomic E-state index is 12.4. The predicted molar refractivity (Wildman–Crippen MR) is 87.0 cm³/mol. The van der Waals surface area contributed by atoms with Crippen LogP contribution in [-0.2, 0) is 11.3 Å². The fourth-order valence-corrected chi connectivity index (χ4v) is 3.69. The van der Waals surface area contributed by atoms with Crippen LogP contribution >= 0.6 is 23.1 Å². The van der Waals surface area contributed by atoms with E-state index in [0.717, 1.165) is 27.8 Å². The van der Waals surface area contributed by atoms with Gasteiger partial charge in [-0.15, -0.1) is 11.3 Å². The van der Waals surface area contributed by atoms with Crippen LogP contribution in [0.3, 0.4) is 0 Å². The van der Waals surface area contributed by atoms with Crippen LogP contribution in [0.4, 0.5) is 4.79 Å². The summed E-state index contributed by atoms with van der Waals surface area (Å²) < 4.78 is 0. The molecule has 1 fully saturated rings. The van der Waals surface area contributed by atoms with E-state index >= 15 is 0 Å². The summed E-state index contributed by atoms with van der Waals surface area (Å²) in [7, 11) is 0. The van der Waals surface area contributed by atoms with Crippen molar-refractivity contribution < 1.29 is 9.59 Å². The van der Waals surface area contributed by atoms with Crippen molar-refractivity contribution in [3.63, 3.8) is 0 Å². The van der Waals surface area contributed by atoms with Crippen LogP contribution in [0.5, 0.6) is 0 Å². The highest BCUT2D eigenvalue weighted by molar-refractivity contribution is 8.18. The molecule has 0 saturated carbocycles. The number of hydrogen-bond acceptors (Lipinski definition) is 4. The molecule has 5 heteroatoms. The SMILES string of the molecule is Cc1cccc(CN2C(=O)S/C(=C\c3cccs3)C2=O)c1. The summed E-state index contributed by atoms with van der Waals surface area (Å²) in [5.74, 6) is -0.208. The van der Waals surface area contributed by atoms with Crippen LogP contribution in [0.1, 0.15) is 16.0 Å². The largest absolute Gasteiger partial charge is 0.293 e. The molecule has 3 nitrogen and oxygen atoms in total. The zero-order valence-corrected chi connectivity index (χ0v) is 13.0. The molecule has 21 heavy (non-hydrogen) atoms. The molecule has 0 atom stereocenters. The van der Waals surface area contributed by atoms with Crippen LogP contribution < -0.4 is 0 Å². The molecule has 0 spiro atoms. The Hall–Kier alpha value is -1.85. The molecule has 1 aliphatic heterocycles. The molecule has 2 heterocycles. The van der Waals surface area contributed by atoms with E-state index in [1.807, 2.05) is 48.7 Å². The Balaban J connectivity index is 1.81. The minimum absolute atomic E-state index is 0.204. The molecule has 0 unspecified atom stereocenters. The van der Waals surface area contributed by atoms with Crippen LogP contribution in [-0.4, -0.2) is 16.0 Å². The first-order valence-corrected chi connectivity index (χ1v) is 8.17. The van der Waals surface area contributed by atoms with Gasteiger partial charge in [-0.25, -0.2) is 0 Å². The summed E-state index contributed by atoms with van der Waals surface area (Å²) in [4.78, 5) is 27.2. The summed E-state index contributed by atoms with van der Waals surface area (Å²) in [5.41, 5.74) is 2.09. The van der Waals surface area contributed by atoms with Gasteiger partial charge >= 0.3 is 0 Å². The topological polar surface area (TPSA) is 37.4 Å². The van der Waals surface area contributed by atoms with E-state index in [0.29, 0.717) is 11.4 Å². The molecule has 106 valence electrons. The molecule has 0 bridgehead atoms. The lowest BCUT2D eigenvalue weighted by molar-refractivity contribution is -0.123. The summed E-state index contributed by atoms with van der Waals surface area (Å²) in [5, 5.41) is 1.74. The highest BCUT2D eigenvalue weighted by Gasteiger charge is 2.34. The molecule has 0 radical (unpaired) electrons. The molecule has 2 amide bonds. The van der Waals surface area contributed by atoms with E-state index in [-0.39, 0.29) is 11.1 Å². The van der Waals surface area contributed by atoms with Gasteiger partial charge in [0.05, 0.1) is 11.4 Å². The third-order valence-corrected chi connectivity index (χ3v) is 4.84. The number of thioether (sulfide) groups is 1. The number of carbonyl (C=O) groups is 2. The van der Waals surface area contributed by atoms with Gasteiger partial charge < -0.3 is 0 Å². The Labute approximate surface area is 131 Å². The normalized spacial score (nSPS) is 17.0. The first kappa shape index (κ1) is 14.1.